The highest BCUT2D eigenvalue weighted by Gasteiger charge is 2.53. The van der Waals surface area contributed by atoms with E-state index in [-0.39, 0.29) is 24.4 Å². The van der Waals surface area contributed by atoms with Gasteiger partial charge in [-0.1, -0.05) is 30.3 Å². The Morgan fingerprint density at radius 3 is 2.41 bits per heavy atom. The molecule has 0 bridgehead atoms. The van der Waals surface area contributed by atoms with Gasteiger partial charge in [0.2, 0.25) is 0 Å². The van der Waals surface area contributed by atoms with Gasteiger partial charge >= 0.3 is 7.12 Å². The minimum Gasteiger partial charge on any atom is -0.400 e. The number of ether oxygens (including phenoxy) is 1. The van der Waals surface area contributed by atoms with Crippen molar-refractivity contribution < 1.29 is 14.0 Å². The first-order chi connectivity index (χ1) is 12.8. The van der Waals surface area contributed by atoms with E-state index >= 15 is 0 Å². The van der Waals surface area contributed by atoms with E-state index in [0.717, 1.165) is 38.7 Å². The fourth-order valence-electron chi connectivity index (χ4n) is 3.81. The first-order valence-corrected chi connectivity index (χ1v) is 10.7. The molecule has 0 N–H and O–H groups in total. The molecule has 0 aliphatic carbocycles. The van der Waals surface area contributed by atoms with E-state index in [4.69, 9.17) is 25.6 Å². The lowest BCUT2D eigenvalue weighted by atomic mass is 9.71. The summed E-state index contributed by atoms with van der Waals surface area (Å²) in [4.78, 5) is 0. The number of alkyl halides is 1. The second-order valence-electron chi connectivity index (χ2n) is 8.56. The molecule has 2 saturated heterocycles. The first-order valence-electron chi connectivity index (χ1n) is 10.1. The number of rotatable bonds is 7. The summed E-state index contributed by atoms with van der Waals surface area (Å²) in [5.74, 6) is 0.645. The Kier molecular flexibility index (Phi) is 6.73. The van der Waals surface area contributed by atoms with Gasteiger partial charge in [0.05, 0.1) is 23.9 Å². The number of aryl methyl sites for hydroxylation is 1. The van der Waals surface area contributed by atoms with E-state index in [9.17, 15) is 0 Å². The number of allylic oxidation sites excluding steroid dienone is 1. The Labute approximate surface area is 169 Å². The Balaban J connectivity index is 1.80. The molecule has 3 rings (SSSR count). The van der Waals surface area contributed by atoms with E-state index in [2.05, 4.69) is 58.0 Å². The van der Waals surface area contributed by atoms with Crippen LogP contribution in [0.3, 0.4) is 0 Å². The van der Waals surface area contributed by atoms with Gasteiger partial charge in [-0.25, -0.2) is 0 Å². The van der Waals surface area contributed by atoms with Gasteiger partial charge in [0.15, 0.2) is 0 Å². The van der Waals surface area contributed by atoms with Gasteiger partial charge in [0.1, 0.15) is 0 Å². The molecule has 27 heavy (non-hydrogen) atoms. The maximum atomic E-state index is 6.37. The molecule has 0 spiro atoms. The lowest BCUT2D eigenvalue weighted by molar-refractivity contribution is 0.00578. The normalized spacial score (nSPS) is 25.8. The summed E-state index contributed by atoms with van der Waals surface area (Å²) in [7, 11) is -0.297. The molecular weight excluding hydrogens is 359 g/mol. The number of benzene rings is 1. The van der Waals surface area contributed by atoms with E-state index in [1.54, 1.807) is 0 Å². The summed E-state index contributed by atoms with van der Waals surface area (Å²) >= 11 is 6.01. The van der Waals surface area contributed by atoms with Gasteiger partial charge in [0.25, 0.3) is 0 Å². The lowest BCUT2D eigenvalue weighted by Gasteiger charge is -2.32. The smallest absolute Gasteiger partial charge is 0.400 e. The van der Waals surface area contributed by atoms with Crippen LogP contribution < -0.4 is 0 Å². The lowest BCUT2D eigenvalue weighted by Crippen LogP contribution is -2.41. The van der Waals surface area contributed by atoms with Crippen molar-refractivity contribution in [3.8, 4) is 0 Å². The average molecular weight is 391 g/mol. The fraction of sp³-hybridized carbons (Fsp3) is 0.636. The number of hydrogen-bond donors (Lipinski definition) is 0. The summed E-state index contributed by atoms with van der Waals surface area (Å²) < 4.78 is 18.8. The van der Waals surface area contributed by atoms with Crippen molar-refractivity contribution in [3.63, 3.8) is 0 Å². The van der Waals surface area contributed by atoms with Gasteiger partial charge in [-0.05, 0) is 76.4 Å². The van der Waals surface area contributed by atoms with Gasteiger partial charge in [-0.2, -0.15) is 0 Å². The summed E-state index contributed by atoms with van der Waals surface area (Å²) in [6.07, 6.45) is 4.94. The van der Waals surface area contributed by atoms with Crippen LogP contribution in [0, 0.1) is 0 Å². The molecule has 2 heterocycles. The highest BCUT2D eigenvalue weighted by molar-refractivity contribution is 6.54. The molecule has 0 amide bonds. The third-order valence-electron chi connectivity index (χ3n) is 6.15. The summed E-state index contributed by atoms with van der Waals surface area (Å²) in [5.41, 5.74) is 3.32. The maximum Gasteiger partial charge on any atom is 0.490 e. The van der Waals surface area contributed by atoms with Crippen molar-refractivity contribution in [1.29, 1.82) is 0 Å². The van der Waals surface area contributed by atoms with Crippen LogP contribution in [0.1, 0.15) is 58.9 Å². The maximum absolute atomic E-state index is 6.37. The zero-order valence-electron chi connectivity index (χ0n) is 17.1. The van der Waals surface area contributed by atoms with Crippen LogP contribution >= 0.6 is 11.6 Å². The van der Waals surface area contributed by atoms with Crippen LogP contribution in [0.5, 0.6) is 0 Å². The highest BCUT2D eigenvalue weighted by Crippen LogP contribution is 2.41. The standard InChI is InChI=1S/C22H32BClO3/c1-21(2)22(3,4)27-23(26-21)19(11-8-15-24)18-14-16-25-20(18)13-12-17-9-6-5-7-10-17/h5-7,9-10,20H,8,11-16H2,1-4H3/b19-18+. The van der Waals surface area contributed by atoms with Crippen molar-refractivity contribution in [2.75, 3.05) is 12.5 Å². The molecule has 3 nitrogen and oxygen atoms in total. The topological polar surface area (TPSA) is 27.7 Å². The monoisotopic (exact) mass is 390 g/mol. The molecule has 1 atom stereocenters. The third-order valence-corrected chi connectivity index (χ3v) is 6.41. The highest BCUT2D eigenvalue weighted by atomic mass is 35.5. The van der Waals surface area contributed by atoms with Gasteiger partial charge < -0.3 is 14.0 Å². The zero-order chi connectivity index (χ0) is 19.5. The average Bonchev–Trinajstić information content (AvgIpc) is 3.16. The Hall–Kier alpha value is -0.805. The van der Waals surface area contributed by atoms with Crippen molar-refractivity contribution >= 4 is 18.7 Å². The SMILES string of the molecule is CC1(C)OB(/C(CCCCl)=C2\CCOC2CCc2ccccc2)OC1(C)C. The molecule has 0 saturated carbocycles. The second-order valence-corrected chi connectivity index (χ2v) is 8.94. The summed E-state index contributed by atoms with van der Waals surface area (Å²) in [6.45, 7) is 9.20. The minimum absolute atomic E-state index is 0.148. The fourth-order valence-corrected chi connectivity index (χ4v) is 3.95. The van der Waals surface area contributed by atoms with E-state index in [1.807, 2.05) is 0 Å². The van der Waals surface area contributed by atoms with Gasteiger partial charge in [-0.3, -0.25) is 0 Å². The minimum atomic E-state index is -0.330. The van der Waals surface area contributed by atoms with Crippen LogP contribution in [0.25, 0.3) is 0 Å². The molecule has 1 aromatic carbocycles. The van der Waals surface area contributed by atoms with Crippen LogP contribution in [0.15, 0.2) is 41.4 Å². The molecule has 2 aliphatic heterocycles. The Bertz CT molecular complexity index is 641. The van der Waals surface area contributed by atoms with Crippen molar-refractivity contribution in [1.82, 2.24) is 0 Å². The molecule has 1 aromatic rings. The first kappa shape index (κ1) is 20.9. The largest absolute Gasteiger partial charge is 0.490 e. The third kappa shape index (κ3) is 4.79. The molecular formula is C22H32BClO3. The van der Waals surface area contributed by atoms with Crippen LogP contribution in [0.2, 0.25) is 0 Å². The molecule has 2 fully saturated rings. The van der Waals surface area contributed by atoms with Crippen LogP contribution in [0.4, 0.5) is 0 Å². The predicted molar refractivity (Wildman–Crippen MR) is 112 cm³/mol. The second kappa shape index (κ2) is 8.69. The van der Waals surface area contributed by atoms with E-state index in [0.29, 0.717) is 5.88 Å². The summed E-state index contributed by atoms with van der Waals surface area (Å²) in [5, 5.41) is 0. The number of hydrogen-bond acceptors (Lipinski definition) is 3. The predicted octanol–water partition coefficient (Wildman–Crippen LogP) is 5.36. The Morgan fingerprint density at radius 1 is 1.11 bits per heavy atom. The van der Waals surface area contributed by atoms with Crippen LogP contribution in [-0.4, -0.2) is 36.9 Å². The molecule has 5 heteroatoms. The summed E-state index contributed by atoms with van der Waals surface area (Å²) in [6, 6.07) is 10.6. The molecule has 1 unspecified atom stereocenters. The number of halogens is 1. The van der Waals surface area contributed by atoms with Crippen molar-refractivity contribution in [3.05, 3.63) is 46.9 Å². The molecule has 0 radical (unpaired) electrons. The van der Waals surface area contributed by atoms with Gasteiger partial charge in [-0.15, -0.1) is 11.6 Å². The van der Waals surface area contributed by atoms with E-state index < -0.39 is 0 Å². The van der Waals surface area contributed by atoms with Crippen LogP contribution in [-0.2, 0) is 20.5 Å². The van der Waals surface area contributed by atoms with Gasteiger partial charge in [0, 0.05) is 5.88 Å². The van der Waals surface area contributed by atoms with Crippen molar-refractivity contribution in [2.45, 2.75) is 77.1 Å². The quantitative estimate of drug-likeness (QED) is 0.463. The van der Waals surface area contributed by atoms with E-state index in [1.165, 1.54) is 16.6 Å². The molecule has 148 valence electrons. The zero-order valence-corrected chi connectivity index (χ0v) is 17.8. The molecule has 2 aliphatic rings. The molecule has 0 aromatic heterocycles. The van der Waals surface area contributed by atoms with Crippen molar-refractivity contribution in [2.24, 2.45) is 0 Å². The Morgan fingerprint density at radius 2 is 1.78 bits per heavy atom.